The average molecular weight is 314 g/mol. The lowest BCUT2D eigenvalue weighted by Gasteiger charge is -2.28. The smallest absolute Gasteiger partial charge is 0.256 e. The molecular formula is C13H16ClN3O2S. The third-order valence-corrected chi connectivity index (χ3v) is 5.29. The van der Waals surface area contributed by atoms with Crippen molar-refractivity contribution in [3.8, 4) is 0 Å². The van der Waals surface area contributed by atoms with E-state index >= 15 is 0 Å². The lowest BCUT2D eigenvalue weighted by atomic mass is 9.96. The Bertz CT molecular complexity index is 685. The van der Waals surface area contributed by atoms with Crippen LogP contribution in [0.4, 0.5) is 0 Å². The summed E-state index contributed by atoms with van der Waals surface area (Å²) in [7, 11) is -2.12. The Morgan fingerprint density at radius 2 is 1.95 bits per heavy atom. The van der Waals surface area contributed by atoms with Gasteiger partial charge in [0.15, 0.2) is 5.03 Å². The van der Waals surface area contributed by atoms with Crippen LogP contribution in [0.5, 0.6) is 0 Å². The Kier molecular flexibility index (Phi) is 4.17. The van der Waals surface area contributed by atoms with Crippen molar-refractivity contribution in [1.29, 1.82) is 0 Å². The molecule has 0 saturated heterocycles. The topological polar surface area (TPSA) is 64.0 Å². The number of nitrogens with zero attached hydrogens (tertiary/aromatic N) is 2. The van der Waals surface area contributed by atoms with Crippen molar-refractivity contribution in [3.05, 3.63) is 48.2 Å². The van der Waals surface area contributed by atoms with E-state index in [9.17, 15) is 8.42 Å². The summed E-state index contributed by atoms with van der Waals surface area (Å²) >= 11 is 6.00. The molecule has 1 heterocycles. The second-order valence-electron chi connectivity index (χ2n) is 4.73. The number of halogens is 1. The molecule has 0 bridgehead atoms. The monoisotopic (exact) mass is 313 g/mol. The van der Waals surface area contributed by atoms with E-state index < -0.39 is 15.6 Å². The fourth-order valence-electron chi connectivity index (χ4n) is 1.94. The van der Waals surface area contributed by atoms with Crippen molar-refractivity contribution in [2.24, 2.45) is 7.05 Å². The molecule has 1 aromatic heterocycles. The molecule has 0 aliphatic carbocycles. The highest BCUT2D eigenvalue weighted by atomic mass is 35.5. The molecule has 0 fully saturated rings. The first-order valence-corrected chi connectivity index (χ1v) is 8.04. The lowest BCUT2D eigenvalue weighted by molar-refractivity contribution is 0.471. The van der Waals surface area contributed by atoms with Gasteiger partial charge in [0.1, 0.15) is 0 Å². The van der Waals surface area contributed by atoms with E-state index in [0.717, 1.165) is 5.56 Å². The van der Waals surface area contributed by atoms with E-state index in [1.54, 1.807) is 14.0 Å². The zero-order valence-corrected chi connectivity index (χ0v) is 12.8. The van der Waals surface area contributed by atoms with Gasteiger partial charge in [-0.15, -0.1) is 11.6 Å². The fourth-order valence-corrected chi connectivity index (χ4v) is 3.77. The minimum absolute atomic E-state index is 0.102. The lowest BCUT2D eigenvalue weighted by Crippen LogP contribution is -2.45. The number of rotatable bonds is 5. The molecule has 0 aliphatic rings. The van der Waals surface area contributed by atoms with Gasteiger partial charge >= 0.3 is 0 Å². The van der Waals surface area contributed by atoms with Gasteiger partial charge in [0.2, 0.25) is 0 Å². The molecular weight excluding hydrogens is 298 g/mol. The minimum Gasteiger partial charge on any atom is -0.256 e. The first-order chi connectivity index (χ1) is 9.39. The molecule has 5 nitrogen and oxygen atoms in total. The van der Waals surface area contributed by atoms with Crippen molar-refractivity contribution in [3.63, 3.8) is 0 Å². The first kappa shape index (κ1) is 15.0. The molecule has 108 valence electrons. The van der Waals surface area contributed by atoms with E-state index in [2.05, 4.69) is 9.82 Å². The third kappa shape index (κ3) is 2.87. The molecule has 0 aliphatic heterocycles. The molecule has 0 amide bonds. The van der Waals surface area contributed by atoms with Crippen molar-refractivity contribution >= 4 is 21.6 Å². The van der Waals surface area contributed by atoms with Gasteiger partial charge in [-0.2, -0.15) is 9.82 Å². The number of hydrogen-bond donors (Lipinski definition) is 1. The Morgan fingerprint density at radius 1 is 1.30 bits per heavy atom. The number of sulfonamides is 1. The van der Waals surface area contributed by atoms with E-state index in [0.29, 0.717) is 0 Å². The summed E-state index contributed by atoms with van der Waals surface area (Å²) < 4.78 is 28.8. The van der Waals surface area contributed by atoms with Crippen LogP contribution in [0.2, 0.25) is 0 Å². The zero-order valence-electron chi connectivity index (χ0n) is 11.2. The molecule has 0 radical (unpaired) electrons. The maximum absolute atomic E-state index is 12.4. The van der Waals surface area contributed by atoms with Crippen LogP contribution in [0, 0.1) is 0 Å². The maximum Gasteiger partial charge on any atom is 0.258 e. The van der Waals surface area contributed by atoms with Crippen LogP contribution in [-0.4, -0.2) is 24.1 Å². The third-order valence-electron chi connectivity index (χ3n) is 3.09. The van der Waals surface area contributed by atoms with E-state index in [1.165, 1.54) is 16.9 Å². The summed E-state index contributed by atoms with van der Waals surface area (Å²) in [5.74, 6) is 0.119. The SMILES string of the molecule is Cn1nccc1S(=O)(=O)NC(C)(CCl)c1ccccc1. The summed E-state index contributed by atoms with van der Waals surface area (Å²) in [4.78, 5) is 0. The van der Waals surface area contributed by atoms with Gasteiger partial charge in [-0.3, -0.25) is 4.68 Å². The summed E-state index contributed by atoms with van der Waals surface area (Å²) in [6.45, 7) is 1.75. The molecule has 2 aromatic rings. The number of alkyl halides is 1. The second kappa shape index (κ2) is 5.55. The Balaban J connectivity index is 2.38. The van der Waals surface area contributed by atoms with Crippen molar-refractivity contribution in [2.75, 3.05) is 5.88 Å². The van der Waals surface area contributed by atoms with E-state index in [1.807, 2.05) is 30.3 Å². The molecule has 2 rings (SSSR count). The summed E-state index contributed by atoms with van der Waals surface area (Å²) in [6.07, 6.45) is 1.44. The summed E-state index contributed by atoms with van der Waals surface area (Å²) in [6, 6.07) is 10.7. The van der Waals surface area contributed by atoms with Gasteiger partial charge in [0.25, 0.3) is 10.0 Å². The van der Waals surface area contributed by atoms with Crippen LogP contribution in [0.25, 0.3) is 0 Å². The number of hydrogen-bond acceptors (Lipinski definition) is 3. The number of nitrogens with one attached hydrogen (secondary N) is 1. The fraction of sp³-hybridized carbons (Fsp3) is 0.308. The normalized spacial score (nSPS) is 14.9. The van der Waals surface area contributed by atoms with E-state index in [-0.39, 0.29) is 10.9 Å². The number of benzene rings is 1. The summed E-state index contributed by atoms with van der Waals surface area (Å²) in [5, 5.41) is 3.98. The maximum atomic E-state index is 12.4. The highest BCUT2D eigenvalue weighted by molar-refractivity contribution is 7.89. The number of aromatic nitrogens is 2. The van der Waals surface area contributed by atoms with Crippen LogP contribution in [0.15, 0.2) is 47.6 Å². The van der Waals surface area contributed by atoms with Crippen LogP contribution in [0.1, 0.15) is 12.5 Å². The van der Waals surface area contributed by atoms with Gasteiger partial charge in [-0.1, -0.05) is 30.3 Å². The van der Waals surface area contributed by atoms with Gasteiger partial charge in [0.05, 0.1) is 11.7 Å². The largest absolute Gasteiger partial charge is 0.258 e. The van der Waals surface area contributed by atoms with Crippen molar-refractivity contribution in [1.82, 2.24) is 14.5 Å². The van der Waals surface area contributed by atoms with Crippen LogP contribution in [0.3, 0.4) is 0 Å². The Labute approximate surface area is 123 Å². The van der Waals surface area contributed by atoms with Crippen LogP contribution in [-0.2, 0) is 22.6 Å². The van der Waals surface area contributed by atoms with Gasteiger partial charge in [-0.25, -0.2) is 8.42 Å². The Morgan fingerprint density at radius 3 is 2.45 bits per heavy atom. The molecule has 1 N–H and O–H groups in total. The van der Waals surface area contributed by atoms with Gasteiger partial charge < -0.3 is 0 Å². The first-order valence-electron chi connectivity index (χ1n) is 6.02. The summed E-state index contributed by atoms with van der Waals surface area (Å²) in [5.41, 5.74) is -0.0768. The molecule has 0 saturated carbocycles. The van der Waals surface area contributed by atoms with Gasteiger partial charge in [-0.05, 0) is 18.6 Å². The van der Waals surface area contributed by atoms with Crippen LogP contribution < -0.4 is 4.72 Å². The predicted octanol–water partition coefficient (Wildman–Crippen LogP) is 1.85. The second-order valence-corrected chi connectivity index (χ2v) is 6.63. The van der Waals surface area contributed by atoms with Crippen LogP contribution >= 0.6 is 11.6 Å². The number of aryl methyl sites for hydroxylation is 1. The van der Waals surface area contributed by atoms with E-state index in [4.69, 9.17) is 11.6 Å². The predicted molar refractivity (Wildman–Crippen MR) is 78.0 cm³/mol. The molecule has 1 atom stereocenters. The minimum atomic E-state index is -3.70. The highest BCUT2D eigenvalue weighted by Crippen LogP contribution is 2.24. The molecule has 1 unspecified atom stereocenters. The quantitative estimate of drug-likeness (QED) is 0.857. The van der Waals surface area contributed by atoms with Crippen molar-refractivity contribution in [2.45, 2.75) is 17.5 Å². The standard InChI is InChI=1S/C13H16ClN3O2S/c1-13(10-14,11-6-4-3-5-7-11)16-20(18,19)12-8-9-15-17(12)2/h3-9,16H,10H2,1-2H3. The molecule has 20 heavy (non-hydrogen) atoms. The molecule has 7 heteroatoms. The molecule has 1 aromatic carbocycles. The van der Waals surface area contributed by atoms with Crippen molar-refractivity contribution < 1.29 is 8.42 Å². The van der Waals surface area contributed by atoms with Gasteiger partial charge in [0, 0.05) is 12.9 Å². The zero-order chi connectivity index (χ0) is 14.8. The Hall–Kier alpha value is -1.37. The highest BCUT2D eigenvalue weighted by Gasteiger charge is 2.32. The molecule has 0 spiro atoms. The average Bonchev–Trinajstić information content (AvgIpc) is 2.86.